The summed E-state index contributed by atoms with van der Waals surface area (Å²) < 4.78 is 0. The monoisotopic (exact) mass is 213 g/mol. The summed E-state index contributed by atoms with van der Waals surface area (Å²) in [4.78, 5) is 11.7. The average Bonchev–Trinajstić information content (AvgIpc) is 2.35. The number of hydrogen-bond acceptors (Lipinski definition) is 2. The fourth-order valence-electron chi connectivity index (χ4n) is 1.37. The van der Waals surface area contributed by atoms with E-state index in [9.17, 15) is 4.79 Å². The maximum Gasteiger partial charge on any atom is 0.186 e. The SMILES string of the molecule is CCCC/C(C#N)=C/C(=O)c1ccccc1. The molecule has 0 aliphatic heterocycles. The third-order valence-electron chi connectivity index (χ3n) is 2.31. The highest BCUT2D eigenvalue weighted by molar-refractivity contribution is 6.05. The van der Waals surface area contributed by atoms with Crippen molar-refractivity contribution in [3.63, 3.8) is 0 Å². The molecule has 0 spiro atoms. The zero-order valence-electron chi connectivity index (χ0n) is 9.44. The van der Waals surface area contributed by atoms with Gasteiger partial charge in [-0.3, -0.25) is 4.79 Å². The Morgan fingerprint density at radius 3 is 2.62 bits per heavy atom. The lowest BCUT2D eigenvalue weighted by atomic mass is 10.1. The Balaban J connectivity index is 2.75. The van der Waals surface area contributed by atoms with E-state index >= 15 is 0 Å². The van der Waals surface area contributed by atoms with Crippen molar-refractivity contribution in [1.29, 1.82) is 5.26 Å². The Kier molecular flexibility index (Phi) is 5.01. The molecular weight excluding hydrogens is 198 g/mol. The lowest BCUT2D eigenvalue weighted by molar-refractivity contribution is 0.104. The van der Waals surface area contributed by atoms with Crippen LogP contribution >= 0.6 is 0 Å². The van der Waals surface area contributed by atoms with Crippen LogP contribution in [0.25, 0.3) is 0 Å². The molecule has 0 bridgehead atoms. The number of carbonyl (C=O) groups is 1. The van der Waals surface area contributed by atoms with Gasteiger partial charge < -0.3 is 0 Å². The van der Waals surface area contributed by atoms with Gasteiger partial charge in [-0.25, -0.2) is 0 Å². The molecule has 0 aliphatic rings. The smallest absolute Gasteiger partial charge is 0.186 e. The molecule has 0 aliphatic carbocycles. The number of ketones is 1. The Labute approximate surface area is 96.2 Å². The predicted octanol–water partition coefficient (Wildman–Crippen LogP) is 3.51. The standard InChI is InChI=1S/C14H15NO/c1-2-3-7-12(11-15)10-14(16)13-8-5-4-6-9-13/h4-6,8-10H,2-3,7H2,1H3/b12-10-. The fourth-order valence-corrected chi connectivity index (χ4v) is 1.37. The van der Waals surface area contributed by atoms with Gasteiger partial charge in [0, 0.05) is 11.1 Å². The Hall–Kier alpha value is -1.88. The Bertz CT molecular complexity index is 412. The summed E-state index contributed by atoms with van der Waals surface area (Å²) in [6.45, 7) is 2.06. The van der Waals surface area contributed by atoms with Gasteiger partial charge >= 0.3 is 0 Å². The summed E-state index contributed by atoms with van der Waals surface area (Å²) >= 11 is 0. The Morgan fingerprint density at radius 1 is 1.38 bits per heavy atom. The van der Waals surface area contributed by atoms with Crippen molar-refractivity contribution in [1.82, 2.24) is 0 Å². The largest absolute Gasteiger partial charge is 0.289 e. The van der Waals surface area contributed by atoms with E-state index in [2.05, 4.69) is 13.0 Å². The van der Waals surface area contributed by atoms with Gasteiger partial charge in [0.1, 0.15) is 0 Å². The maximum atomic E-state index is 11.7. The van der Waals surface area contributed by atoms with Gasteiger partial charge in [0.15, 0.2) is 5.78 Å². The van der Waals surface area contributed by atoms with Crippen LogP contribution in [0, 0.1) is 11.3 Å². The number of nitriles is 1. The molecule has 1 aromatic carbocycles. The molecule has 2 heteroatoms. The number of rotatable bonds is 5. The number of carbonyl (C=O) groups excluding carboxylic acids is 1. The van der Waals surface area contributed by atoms with Crippen LogP contribution in [0.3, 0.4) is 0 Å². The van der Waals surface area contributed by atoms with Crippen LogP contribution in [0.15, 0.2) is 42.0 Å². The van der Waals surface area contributed by atoms with E-state index in [4.69, 9.17) is 5.26 Å². The van der Waals surface area contributed by atoms with Crippen molar-refractivity contribution in [3.8, 4) is 6.07 Å². The van der Waals surface area contributed by atoms with Crippen molar-refractivity contribution < 1.29 is 4.79 Å². The number of allylic oxidation sites excluding steroid dienone is 2. The minimum atomic E-state index is -0.0896. The lowest BCUT2D eigenvalue weighted by Gasteiger charge is -1.97. The van der Waals surface area contributed by atoms with E-state index in [0.717, 1.165) is 12.8 Å². The number of nitrogens with zero attached hydrogens (tertiary/aromatic N) is 1. The lowest BCUT2D eigenvalue weighted by Crippen LogP contribution is -1.95. The summed E-state index contributed by atoms with van der Waals surface area (Å²) in [6.07, 6.45) is 4.11. The summed E-state index contributed by atoms with van der Waals surface area (Å²) in [5.74, 6) is -0.0896. The van der Waals surface area contributed by atoms with Crippen LogP contribution in [-0.4, -0.2) is 5.78 Å². The van der Waals surface area contributed by atoms with Crippen molar-refractivity contribution in [3.05, 3.63) is 47.5 Å². The molecule has 0 saturated heterocycles. The van der Waals surface area contributed by atoms with Crippen molar-refractivity contribution >= 4 is 5.78 Å². The third kappa shape index (κ3) is 3.70. The van der Waals surface area contributed by atoms with Crippen LogP contribution in [0.2, 0.25) is 0 Å². The van der Waals surface area contributed by atoms with E-state index in [-0.39, 0.29) is 5.78 Å². The highest BCUT2D eigenvalue weighted by atomic mass is 16.1. The van der Waals surface area contributed by atoms with E-state index in [1.165, 1.54) is 6.08 Å². The molecule has 0 heterocycles. The highest BCUT2D eigenvalue weighted by Gasteiger charge is 2.03. The van der Waals surface area contributed by atoms with Gasteiger partial charge in [-0.15, -0.1) is 0 Å². The molecule has 16 heavy (non-hydrogen) atoms. The molecule has 0 N–H and O–H groups in total. The second kappa shape index (κ2) is 6.58. The van der Waals surface area contributed by atoms with Crippen LogP contribution in [0.5, 0.6) is 0 Å². The molecule has 0 amide bonds. The zero-order valence-corrected chi connectivity index (χ0v) is 9.44. The molecule has 0 fully saturated rings. The van der Waals surface area contributed by atoms with Gasteiger partial charge in [-0.1, -0.05) is 43.7 Å². The molecular formula is C14H15NO. The highest BCUT2D eigenvalue weighted by Crippen LogP contribution is 2.09. The first-order valence-electron chi connectivity index (χ1n) is 5.48. The summed E-state index contributed by atoms with van der Waals surface area (Å²) in [6, 6.07) is 11.1. The second-order valence-corrected chi connectivity index (χ2v) is 3.62. The molecule has 0 radical (unpaired) electrons. The van der Waals surface area contributed by atoms with Gasteiger partial charge in [-0.05, 0) is 18.9 Å². The minimum absolute atomic E-state index is 0.0896. The first-order chi connectivity index (χ1) is 7.77. The van der Waals surface area contributed by atoms with Gasteiger partial charge in [0.05, 0.1) is 6.07 Å². The first-order valence-corrected chi connectivity index (χ1v) is 5.48. The number of unbranched alkanes of at least 4 members (excludes halogenated alkanes) is 1. The van der Waals surface area contributed by atoms with Crippen molar-refractivity contribution in [2.24, 2.45) is 0 Å². The van der Waals surface area contributed by atoms with Crippen LogP contribution in [0.4, 0.5) is 0 Å². The number of hydrogen-bond donors (Lipinski definition) is 0. The molecule has 1 rings (SSSR count). The van der Waals surface area contributed by atoms with Gasteiger partial charge in [0.2, 0.25) is 0 Å². The van der Waals surface area contributed by atoms with E-state index in [1.807, 2.05) is 18.2 Å². The molecule has 0 aromatic heterocycles. The van der Waals surface area contributed by atoms with E-state index in [1.54, 1.807) is 12.1 Å². The first kappa shape index (κ1) is 12.2. The van der Waals surface area contributed by atoms with Crippen LogP contribution < -0.4 is 0 Å². The molecule has 82 valence electrons. The van der Waals surface area contributed by atoms with Crippen molar-refractivity contribution in [2.45, 2.75) is 26.2 Å². The van der Waals surface area contributed by atoms with Gasteiger partial charge in [0.25, 0.3) is 0 Å². The molecule has 0 unspecified atom stereocenters. The zero-order chi connectivity index (χ0) is 11.8. The summed E-state index contributed by atoms with van der Waals surface area (Å²) in [5, 5.41) is 8.88. The molecule has 0 atom stereocenters. The molecule has 2 nitrogen and oxygen atoms in total. The quantitative estimate of drug-likeness (QED) is 0.426. The summed E-state index contributed by atoms with van der Waals surface area (Å²) in [5.41, 5.74) is 1.20. The van der Waals surface area contributed by atoms with Gasteiger partial charge in [-0.2, -0.15) is 5.26 Å². The number of benzene rings is 1. The Morgan fingerprint density at radius 2 is 2.06 bits per heavy atom. The summed E-state index contributed by atoms with van der Waals surface area (Å²) in [7, 11) is 0. The predicted molar refractivity (Wildman–Crippen MR) is 64.0 cm³/mol. The van der Waals surface area contributed by atoms with Crippen LogP contribution in [0.1, 0.15) is 36.5 Å². The van der Waals surface area contributed by atoms with Crippen molar-refractivity contribution in [2.75, 3.05) is 0 Å². The minimum Gasteiger partial charge on any atom is -0.289 e. The van der Waals surface area contributed by atoms with Crippen LogP contribution in [-0.2, 0) is 0 Å². The normalized spacial score (nSPS) is 10.9. The molecule has 0 saturated carbocycles. The fraction of sp³-hybridized carbons (Fsp3) is 0.286. The third-order valence-corrected chi connectivity index (χ3v) is 2.31. The van der Waals surface area contributed by atoms with E-state index in [0.29, 0.717) is 17.6 Å². The average molecular weight is 213 g/mol. The second-order valence-electron chi connectivity index (χ2n) is 3.62. The van der Waals surface area contributed by atoms with E-state index < -0.39 is 0 Å². The molecule has 1 aromatic rings. The topological polar surface area (TPSA) is 40.9 Å². The maximum absolute atomic E-state index is 11.7.